The van der Waals surface area contributed by atoms with Crippen LogP contribution >= 0.6 is 11.3 Å². The summed E-state index contributed by atoms with van der Waals surface area (Å²) < 4.78 is 0. The Morgan fingerprint density at radius 3 is 2.43 bits per heavy atom. The average molecular weight is 417 g/mol. The first-order valence-electron chi connectivity index (χ1n) is 9.44. The zero-order valence-corrected chi connectivity index (χ0v) is 17.6. The monoisotopic (exact) mass is 416 g/mol. The van der Waals surface area contributed by atoms with E-state index in [0.717, 1.165) is 21.5 Å². The molecule has 2 N–H and O–H groups in total. The van der Waals surface area contributed by atoms with Gasteiger partial charge in [0.05, 0.1) is 11.2 Å². The Balaban J connectivity index is 1.48. The van der Waals surface area contributed by atoms with Crippen LogP contribution in [0.5, 0.6) is 0 Å². The first-order chi connectivity index (χ1) is 14.4. The lowest BCUT2D eigenvalue weighted by Crippen LogP contribution is -2.41. The first kappa shape index (κ1) is 19.7. The Morgan fingerprint density at radius 1 is 0.867 bits per heavy atom. The number of pyridine rings is 1. The second kappa shape index (κ2) is 8.04. The highest BCUT2D eigenvalue weighted by atomic mass is 32.1. The van der Waals surface area contributed by atoms with Gasteiger partial charge in [-0.15, -0.1) is 11.3 Å². The van der Waals surface area contributed by atoms with E-state index in [0.29, 0.717) is 16.1 Å². The van der Waals surface area contributed by atoms with E-state index >= 15 is 0 Å². The number of aryl methyl sites for hydroxylation is 3. The summed E-state index contributed by atoms with van der Waals surface area (Å²) in [6.07, 6.45) is 0. The zero-order chi connectivity index (χ0) is 21.3. The maximum Gasteiger partial charge on any atom is 0.288 e. The fourth-order valence-electron chi connectivity index (χ4n) is 3.20. The van der Waals surface area contributed by atoms with Gasteiger partial charge >= 0.3 is 0 Å². The number of nitrogens with one attached hydrogen (secondary N) is 2. The van der Waals surface area contributed by atoms with Gasteiger partial charge in [0.15, 0.2) is 0 Å². The average Bonchev–Trinajstić information content (AvgIpc) is 3.12. The minimum absolute atomic E-state index is 0.228. The lowest BCUT2D eigenvalue weighted by Gasteiger charge is -2.07. The molecule has 0 radical (unpaired) electrons. The third kappa shape index (κ3) is 3.92. The van der Waals surface area contributed by atoms with Crippen molar-refractivity contribution in [2.45, 2.75) is 20.8 Å². The van der Waals surface area contributed by atoms with Crippen LogP contribution in [0.4, 0.5) is 0 Å². The van der Waals surface area contributed by atoms with Crippen LogP contribution in [0.3, 0.4) is 0 Å². The maximum absolute atomic E-state index is 12.6. The van der Waals surface area contributed by atoms with Gasteiger partial charge in [-0.25, -0.2) is 9.97 Å². The molecule has 150 valence electrons. The molecule has 2 aromatic heterocycles. The normalized spacial score (nSPS) is 10.8. The number of thiazole rings is 1. The Kier molecular flexibility index (Phi) is 5.29. The predicted octanol–water partition coefficient (Wildman–Crippen LogP) is 4.36. The fourth-order valence-corrected chi connectivity index (χ4v) is 4.25. The molecule has 2 heterocycles. The summed E-state index contributed by atoms with van der Waals surface area (Å²) in [5.41, 5.74) is 9.74. The Morgan fingerprint density at radius 2 is 1.63 bits per heavy atom. The number of hydrogen-bond donors (Lipinski definition) is 2. The van der Waals surface area contributed by atoms with Crippen molar-refractivity contribution in [3.63, 3.8) is 0 Å². The SMILES string of the molecule is Cc1ccc(-c2nc(C)c(C(=O)NNC(=O)c3ccc4ccccc4n3)s2)c(C)c1. The Bertz CT molecular complexity index is 1280. The topological polar surface area (TPSA) is 84.0 Å². The molecule has 2 aromatic carbocycles. The lowest BCUT2D eigenvalue weighted by atomic mass is 10.1. The van der Waals surface area contributed by atoms with Crippen molar-refractivity contribution >= 4 is 34.1 Å². The quantitative estimate of drug-likeness (QED) is 0.486. The molecule has 6 nitrogen and oxygen atoms in total. The van der Waals surface area contributed by atoms with Gasteiger partial charge in [-0.05, 0) is 38.5 Å². The molecule has 0 aliphatic heterocycles. The highest BCUT2D eigenvalue weighted by molar-refractivity contribution is 7.17. The number of nitrogens with zero attached hydrogens (tertiary/aromatic N) is 2. The molecule has 0 saturated carbocycles. The molecule has 0 unspecified atom stereocenters. The van der Waals surface area contributed by atoms with Crippen LogP contribution in [-0.2, 0) is 0 Å². The second-order valence-electron chi connectivity index (χ2n) is 7.05. The van der Waals surface area contributed by atoms with Crippen LogP contribution in [0, 0.1) is 20.8 Å². The number of hydrazine groups is 1. The van der Waals surface area contributed by atoms with Crippen LogP contribution in [0.25, 0.3) is 21.5 Å². The molecule has 0 saturated heterocycles. The minimum atomic E-state index is -0.481. The van der Waals surface area contributed by atoms with Crippen LogP contribution in [0.15, 0.2) is 54.6 Å². The van der Waals surface area contributed by atoms with Gasteiger partial charge in [-0.3, -0.25) is 20.4 Å². The molecule has 7 heteroatoms. The molecule has 2 amide bonds. The maximum atomic E-state index is 12.6. The van der Waals surface area contributed by atoms with Gasteiger partial charge in [0, 0.05) is 10.9 Å². The zero-order valence-electron chi connectivity index (χ0n) is 16.8. The van der Waals surface area contributed by atoms with Crippen molar-refractivity contribution in [2.24, 2.45) is 0 Å². The summed E-state index contributed by atoms with van der Waals surface area (Å²) >= 11 is 1.30. The third-order valence-electron chi connectivity index (χ3n) is 4.74. The van der Waals surface area contributed by atoms with Gasteiger partial charge in [-0.1, -0.05) is 48.0 Å². The van der Waals surface area contributed by atoms with E-state index in [9.17, 15) is 9.59 Å². The summed E-state index contributed by atoms with van der Waals surface area (Å²) in [5, 5.41) is 1.72. The van der Waals surface area contributed by atoms with E-state index in [4.69, 9.17) is 0 Å². The number of benzene rings is 2. The first-order valence-corrected chi connectivity index (χ1v) is 10.3. The molecule has 0 bridgehead atoms. The number of aromatic nitrogens is 2. The summed E-state index contributed by atoms with van der Waals surface area (Å²) in [5.74, 6) is -0.888. The molecule has 0 fully saturated rings. The summed E-state index contributed by atoms with van der Waals surface area (Å²) in [7, 11) is 0. The Labute approximate surface area is 178 Å². The van der Waals surface area contributed by atoms with Crippen molar-refractivity contribution in [2.75, 3.05) is 0 Å². The molecule has 0 atom stereocenters. The van der Waals surface area contributed by atoms with E-state index in [1.54, 1.807) is 13.0 Å². The minimum Gasteiger partial charge on any atom is -0.266 e. The predicted molar refractivity (Wildman–Crippen MR) is 118 cm³/mol. The van der Waals surface area contributed by atoms with Crippen molar-refractivity contribution in [3.8, 4) is 10.6 Å². The van der Waals surface area contributed by atoms with Gasteiger partial charge in [0.25, 0.3) is 11.8 Å². The van der Waals surface area contributed by atoms with E-state index in [1.807, 2.05) is 56.3 Å². The molecular formula is C23H20N4O2S. The standard InChI is InChI=1S/C23H20N4O2S/c1-13-8-10-17(14(2)12-13)23-24-15(3)20(30-23)22(29)27-26-21(28)19-11-9-16-6-4-5-7-18(16)25-19/h4-12H,1-3H3,(H,26,28)(H,27,29). The number of carbonyl (C=O) groups excluding carboxylic acids is 2. The lowest BCUT2D eigenvalue weighted by molar-refractivity contribution is 0.0846. The van der Waals surface area contributed by atoms with Crippen molar-refractivity contribution in [1.29, 1.82) is 0 Å². The van der Waals surface area contributed by atoms with E-state index in [2.05, 4.69) is 26.9 Å². The number of amides is 2. The second-order valence-corrected chi connectivity index (χ2v) is 8.05. The molecule has 30 heavy (non-hydrogen) atoms. The largest absolute Gasteiger partial charge is 0.288 e. The number of rotatable bonds is 3. The highest BCUT2D eigenvalue weighted by Gasteiger charge is 2.18. The smallest absolute Gasteiger partial charge is 0.266 e. The number of hydrogen-bond acceptors (Lipinski definition) is 5. The van der Waals surface area contributed by atoms with Gasteiger partial charge < -0.3 is 0 Å². The molecule has 0 spiro atoms. The van der Waals surface area contributed by atoms with Crippen LogP contribution in [0.1, 0.15) is 37.0 Å². The molecule has 4 aromatic rings. The Hall–Kier alpha value is -3.58. The molecular weight excluding hydrogens is 396 g/mol. The van der Waals surface area contributed by atoms with E-state index < -0.39 is 11.8 Å². The number of carbonyl (C=O) groups is 2. The third-order valence-corrected chi connectivity index (χ3v) is 5.93. The molecule has 0 aliphatic carbocycles. The van der Waals surface area contributed by atoms with Crippen molar-refractivity contribution in [3.05, 3.63) is 82.0 Å². The van der Waals surface area contributed by atoms with Crippen molar-refractivity contribution in [1.82, 2.24) is 20.8 Å². The van der Waals surface area contributed by atoms with Crippen LogP contribution < -0.4 is 10.9 Å². The summed E-state index contributed by atoms with van der Waals surface area (Å²) in [6.45, 7) is 5.84. The highest BCUT2D eigenvalue weighted by Crippen LogP contribution is 2.30. The number of fused-ring (bicyclic) bond motifs is 1. The van der Waals surface area contributed by atoms with E-state index in [1.165, 1.54) is 16.9 Å². The summed E-state index contributed by atoms with van der Waals surface area (Å²) in [6, 6.07) is 17.1. The van der Waals surface area contributed by atoms with E-state index in [-0.39, 0.29) is 5.69 Å². The van der Waals surface area contributed by atoms with Crippen LogP contribution in [-0.4, -0.2) is 21.8 Å². The number of para-hydroxylation sites is 1. The van der Waals surface area contributed by atoms with Gasteiger partial charge in [0.1, 0.15) is 15.6 Å². The molecule has 0 aliphatic rings. The summed E-state index contributed by atoms with van der Waals surface area (Å²) in [4.78, 5) is 34.4. The van der Waals surface area contributed by atoms with Crippen LogP contribution in [0.2, 0.25) is 0 Å². The van der Waals surface area contributed by atoms with Gasteiger partial charge in [0.2, 0.25) is 0 Å². The van der Waals surface area contributed by atoms with Gasteiger partial charge in [-0.2, -0.15) is 0 Å². The van der Waals surface area contributed by atoms with Crippen molar-refractivity contribution < 1.29 is 9.59 Å². The molecule has 4 rings (SSSR count). The fraction of sp³-hybridized carbons (Fsp3) is 0.130.